The van der Waals surface area contributed by atoms with Gasteiger partial charge in [-0.05, 0) is 30.0 Å². The molecule has 0 unspecified atom stereocenters. The van der Waals surface area contributed by atoms with Gasteiger partial charge in [0.15, 0.2) is 0 Å². The van der Waals surface area contributed by atoms with Gasteiger partial charge in [-0.25, -0.2) is 0 Å². The first-order valence-corrected chi connectivity index (χ1v) is 7.09. The lowest BCUT2D eigenvalue weighted by Gasteiger charge is -2.25. The minimum Gasteiger partial charge on any atom is -0.481 e. The molecule has 0 saturated carbocycles. The molecule has 1 N–H and O–H groups in total. The molecule has 0 radical (unpaired) electrons. The molecule has 100 valence electrons. The van der Waals surface area contributed by atoms with Crippen molar-refractivity contribution in [1.82, 2.24) is 0 Å². The van der Waals surface area contributed by atoms with Gasteiger partial charge in [-0.2, -0.15) is 0 Å². The summed E-state index contributed by atoms with van der Waals surface area (Å²) < 4.78 is 0. The zero-order chi connectivity index (χ0) is 13.7. The summed E-state index contributed by atoms with van der Waals surface area (Å²) in [6.45, 7) is 3.34. The quantitative estimate of drug-likeness (QED) is 0.876. The predicted octanol–water partition coefficient (Wildman–Crippen LogP) is 3.54. The largest absolute Gasteiger partial charge is 0.481 e. The molecule has 3 nitrogen and oxygen atoms in total. The average molecular weight is 275 g/mol. The number of aryl methyl sites for hydroxylation is 1. The van der Waals surface area contributed by atoms with E-state index in [0.717, 1.165) is 12.2 Å². The number of hydrogen-bond donors (Lipinski definition) is 1. The Morgan fingerprint density at radius 2 is 2.05 bits per heavy atom. The first kappa shape index (κ1) is 13.6. The van der Waals surface area contributed by atoms with Gasteiger partial charge in [0.05, 0.1) is 13.0 Å². The highest BCUT2D eigenvalue weighted by Crippen LogP contribution is 2.23. The summed E-state index contributed by atoms with van der Waals surface area (Å²) >= 11 is 1.70. The van der Waals surface area contributed by atoms with Crippen LogP contribution in [0.1, 0.15) is 16.9 Å². The number of para-hydroxylation sites is 1. The number of aliphatic carboxylic acids is 1. The topological polar surface area (TPSA) is 40.5 Å². The standard InChI is InChI=1S/C15H17NO2S/c1-12-5-2-3-7-14(12)16(9-8-15(17)18)11-13-6-4-10-19-13/h2-7,10H,8-9,11H2,1H3,(H,17,18). The fourth-order valence-corrected chi connectivity index (χ4v) is 2.74. The van der Waals surface area contributed by atoms with Gasteiger partial charge in [0, 0.05) is 17.1 Å². The summed E-state index contributed by atoms with van der Waals surface area (Å²) in [4.78, 5) is 14.2. The van der Waals surface area contributed by atoms with Gasteiger partial charge in [-0.15, -0.1) is 11.3 Å². The van der Waals surface area contributed by atoms with Gasteiger partial charge in [-0.1, -0.05) is 24.3 Å². The zero-order valence-electron chi connectivity index (χ0n) is 10.9. The van der Waals surface area contributed by atoms with Crippen LogP contribution in [0.5, 0.6) is 0 Å². The molecule has 19 heavy (non-hydrogen) atoms. The molecule has 1 aromatic carbocycles. The summed E-state index contributed by atoms with van der Waals surface area (Å²) in [5.74, 6) is -0.759. The van der Waals surface area contributed by atoms with Gasteiger partial charge in [0.1, 0.15) is 0 Å². The van der Waals surface area contributed by atoms with E-state index in [1.54, 1.807) is 11.3 Å². The molecule has 0 amide bonds. The van der Waals surface area contributed by atoms with Crippen LogP contribution in [-0.4, -0.2) is 17.6 Å². The molecule has 0 saturated heterocycles. The number of thiophene rings is 1. The monoisotopic (exact) mass is 275 g/mol. The number of rotatable bonds is 6. The Hall–Kier alpha value is -1.81. The van der Waals surface area contributed by atoms with Crippen LogP contribution in [0.25, 0.3) is 0 Å². The summed E-state index contributed by atoms with van der Waals surface area (Å²) in [6.07, 6.45) is 0.152. The van der Waals surface area contributed by atoms with Crippen molar-refractivity contribution < 1.29 is 9.90 Å². The fourth-order valence-electron chi connectivity index (χ4n) is 2.02. The highest BCUT2D eigenvalue weighted by molar-refractivity contribution is 7.09. The van der Waals surface area contributed by atoms with Crippen molar-refractivity contribution in [2.24, 2.45) is 0 Å². The van der Waals surface area contributed by atoms with Crippen molar-refractivity contribution in [1.29, 1.82) is 0 Å². The molecule has 0 aliphatic carbocycles. The lowest BCUT2D eigenvalue weighted by Crippen LogP contribution is -2.25. The smallest absolute Gasteiger partial charge is 0.305 e. The first-order chi connectivity index (χ1) is 9.16. The van der Waals surface area contributed by atoms with Crippen LogP contribution in [0.3, 0.4) is 0 Å². The molecule has 0 aliphatic heterocycles. The van der Waals surface area contributed by atoms with Crippen molar-refractivity contribution in [3.8, 4) is 0 Å². The molecule has 0 spiro atoms. The minimum atomic E-state index is -0.759. The van der Waals surface area contributed by atoms with Crippen LogP contribution in [0.2, 0.25) is 0 Å². The van der Waals surface area contributed by atoms with Crippen molar-refractivity contribution in [2.75, 3.05) is 11.4 Å². The van der Waals surface area contributed by atoms with Crippen LogP contribution in [0, 0.1) is 6.92 Å². The maximum absolute atomic E-state index is 10.8. The molecule has 0 fully saturated rings. The van der Waals surface area contributed by atoms with E-state index in [1.165, 1.54) is 10.4 Å². The molecule has 0 aliphatic rings. The van der Waals surface area contributed by atoms with Crippen LogP contribution in [0.4, 0.5) is 5.69 Å². The minimum absolute atomic E-state index is 0.152. The maximum atomic E-state index is 10.8. The molecule has 1 heterocycles. The van der Waals surface area contributed by atoms with Crippen LogP contribution in [-0.2, 0) is 11.3 Å². The van der Waals surface area contributed by atoms with Crippen LogP contribution < -0.4 is 4.90 Å². The van der Waals surface area contributed by atoms with Gasteiger partial charge < -0.3 is 10.0 Å². The Bertz CT molecular complexity index is 537. The van der Waals surface area contributed by atoms with E-state index < -0.39 is 5.97 Å². The summed E-state index contributed by atoms with van der Waals surface area (Å²) in [5, 5.41) is 10.9. The Balaban J connectivity index is 2.18. The van der Waals surface area contributed by atoms with E-state index >= 15 is 0 Å². The van der Waals surface area contributed by atoms with Crippen molar-refractivity contribution >= 4 is 23.0 Å². The maximum Gasteiger partial charge on any atom is 0.305 e. The molecule has 0 bridgehead atoms. The second kappa shape index (κ2) is 6.38. The van der Waals surface area contributed by atoms with Crippen LogP contribution >= 0.6 is 11.3 Å². The Kier molecular flexibility index (Phi) is 4.58. The molecule has 2 aromatic rings. The third-order valence-electron chi connectivity index (χ3n) is 2.98. The highest BCUT2D eigenvalue weighted by atomic mass is 32.1. The second-order valence-corrected chi connectivity index (χ2v) is 5.46. The number of benzene rings is 1. The lowest BCUT2D eigenvalue weighted by molar-refractivity contribution is -0.136. The third kappa shape index (κ3) is 3.83. The third-order valence-corrected chi connectivity index (χ3v) is 3.84. The van der Waals surface area contributed by atoms with Gasteiger partial charge >= 0.3 is 5.97 Å². The van der Waals surface area contributed by atoms with E-state index in [1.807, 2.05) is 29.6 Å². The van der Waals surface area contributed by atoms with Gasteiger partial charge in [0.2, 0.25) is 0 Å². The van der Waals surface area contributed by atoms with Crippen molar-refractivity contribution in [2.45, 2.75) is 19.9 Å². The SMILES string of the molecule is Cc1ccccc1N(CCC(=O)O)Cc1cccs1. The second-order valence-electron chi connectivity index (χ2n) is 4.43. The molecular weight excluding hydrogens is 258 g/mol. The van der Waals surface area contributed by atoms with Gasteiger partial charge in [-0.3, -0.25) is 4.79 Å². The average Bonchev–Trinajstić information content (AvgIpc) is 2.88. The van der Waals surface area contributed by atoms with Crippen LogP contribution in [0.15, 0.2) is 41.8 Å². The fraction of sp³-hybridized carbons (Fsp3) is 0.267. The molecule has 4 heteroatoms. The lowest BCUT2D eigenvalue weighted by atomic mass is 10.1. The van der Waals surface area contributed by atoms with Crippen molar-refractivity contribution in [3.63, 3.8) is 0 Å². The normalized spacial score (nSPS) is 10.4. The summed E-state index contributed by atoms with van der Waals surface area (Å²) in [6, 6.07) is 12.2. The number of carboxylic acids is 1. The van der Waals surface area contributed by atoms with Crippen molar-refractivity contribution in [3.05, 3.63) is 52.2 Å². The number of nitrogens with zero attached hydrogens (tertiary/aromatic N) is 1. The first-order valence-electron chi connectivity index (χ1n) is 6.21. The van der Waals surface area contributed by atoms with Gasteiger partial charge in [0.25, 0.3) is 0 Å². The number of anilines is 1. The van der Waals surface area contributed by atoms with E-state index in [-0.39, 0.29) is 6.42 Å². The molecule has 0 atom stereocenters. The van der Waals surface area contributed by atoms with E-state index in [9.17, 15) is 4.79 Å². The van der Waals surface area contributed by atoms with E-state index in [0.29, 0.717) is 6.54 Å². The number of carbonyl (C=O) groups is 1. The number of hydrogen-bond acceptors (Lipinski definition) is 3. The number of carboxylic acid groups (broad SMARTS) is 1. The summed E-state index contributed by atoms with van der Waals surface area (Å²) in [5.41, 5.74) is 2.28. The Morgan fingerprint density at radius 3 is 2.68 bits per heavy atom. The Labute approximate surface area is 117 Å². The highest BCUT2D eigenvalue weighted by Gasteiger charge is 2.11. The Morgan fingerprint density at radius 1 is 1.26 bits per heavy atom. The van der Waals surface area contributed by atoms with E-state index in [2.05, 4.69) is 24.0 Å². The molecular formula is C15H17NO2S. The zero-order valence-corrected chi connectivity index (χ0v) is 11.7. The van der Waals surface area contributed by atoms with E-state index in [4.69, 9.17) is 5.11 Å². The summed E-state index contributed by atoms with van der Waals surface area (Å²) in [7, 11) is 0. The molecule has 2 rings (SSSR count). The molecule has 1 aromatic heterocycles. The predicted molar refractivity (Wildman–Crippen MR) is 78.8 cm³/mol.